The first-order chi connectivity index (χ1) is 18.8. The lowest BCUT2D eigenvalue weighted by atomic mass is 9.94. The summed E-state index contributed by atoms with van der Waals surface area (Å²) in [4.78, 5) is 13.8. The summed E-state index contributed by atoms with van der Waals surface area (Å²) < 4.78 is 23.4. The monoisotopic (exact) mass is 557 g/mol. The number of benzene rings is 2. The number of anilines is 1. The molecular formula is C31H47N3O4S. The lowest BCUT2D eigenvalue weighted by Crippen LogP contribution is -2.49. The van der Waals surface area contributed by atoms with E-state index in [4.69, 9.17) is 0 Å². The Bertz CT molecular complexity index is 1060. The largest absolute Gasteiger partial charge is 0.390 e. The fourth-order valence-electron chi connectivity index (χ4n) is 5.91. The summed E-state index contributed by atoms with van der Waals surface area (Å²) in [5.74, 6) is 0.487. The fourth-order valence-corrected chi connectivity index (χ4v) is 7.59. The standard InChI is InChI=1S/C31H47N3O4S/c1-3-11-23(2)32-22-30(35)29(18-24-12-5-4-6-13-24)33-31(36)27-19-26(25-14-7-8-15-25)20-28(21-27)34-16-9-10-17-39(34,37)38/h4-6,12-13,19-21,23,25,29-30,32,35,37-38H,3,7-11,14-18,22H2,1-2H3,(H,33,36)/t23?,29-,30-/m0/s1. The van der Waals surface area contributed by atoms with Gasteiger partial charge in [0.1, 0.15) is 0 Å². The van der Waals surface area contributed by atoms with Gasteiger partial charge in [-0.2, -0.15) is 0 Å². The van der Waals surface area contributed by atoms with Crippen molar-refractivity contribution >= 4 is 22.4 Å². The van der Waals surface area contributed by atoms with Gasteiger partial charge in [-0.15, -0.1) is 10.8 Å². The van der Waals surface area contributed by atoms with Crippen LogP contribution in [0.3, 0.4) is 0 Å². The average Bonchev–Trinajstić information content (AvgIpc) is 3.47. The van der Waals surface area contributed by atoms with E-state index >= 15 is 0 Å². The number of nitrogens with one attached hydrogen (secondary N) is 2. The molecule has 1 aliphatic carbocycles. The van der Waals surface area contributed by atoms with Crippen LogP contribution in [-0.2, 0) is 6.42 Å². The van der Waals surface area contributed by atoms with Crippen molar-refractivity contribution in [2.24, 2.45) is 0 Å². The Morgan fingerprint density at radius 2 is 1.82 bits per heavy atom. The van der Waals surface area contributed by atoms with Gasteiger partial charge in [-0.25, -0.2) is 0 Å². The van der Waals surface area contributed by atoms with Gasteiger partial charge in [-0.05, 0) is 80.7 Å². The minimum Gasteiger partial charge on any atom is -0.390 e. The number of hydrogen-bond acceptors (Lipinski definition) is 6. The normalized spacial score (nSPS) is 20.8. The van der Waals surface area contributed by atoms with Gasteiger partial charge < -0.3 is 15.7 Å². The molecule has 2 aromatic carbocycles. The zero-order valence-corrected chi connectivity index (χ0v) is 24.3. The van der Waals surface area contributed by atoms with Gasteiger partial charge in [0.25, 0.3) is 5.91 Å². The third-order valence-electron chi connectivity index (χ3n) is 8.18. The Kier molecular flexibility index (Phi) is 10.7. The predicted octanol–water partition coefficient (Wildman–Crippen LogP) is 6.09. The maximum Gasteiger partial charge on any atom is 0.251 e. The minimum atomic E-state index is -2.90. The topological polar surface area (TPSA) is 105 Å². The number of aliphatic hydroxyl groups excluding tert-OH is 1. The molecule has 1 unspecified atom stereocenters. The molecule has 1 amide bonds. The van der Waals surface area contributed by atoms with Gasteiger partial charge >= 0.3 is 0 Å². The van der Waals surface area contributed by atoms with Crippen molar-refractivity contribution in [3.05, 3.63) is 65.2 Å². The van der Waals surface area contributed by atoms with E-state index in [0.29, 0.717) is 42.4 Å². The molecule has 1 heterocycles. The zero-order chi connectivity index (χ0) is 27.8. The Balaban J connectivity index is 1.59. The van der Waals surface area contributed by atoms with Crippen molar-refractivity contribution in [3.63, 3.8) is 0 Å². The van der Waals surface area contributed by atoms with Gasteiger partial charge in [0.05, 0.1) is 23.6 Å². The third kappa shape index (κ3) is 8.21. The molecule has 0 aromatic heterocycles. The van der Waals surface area contributed by atoms with E-state index in [2.05, 4.69) is 30.5 Å². The van der Waals surface area contributed by atoms with Gasteiger partial charge in [-0.3, -0.25) is 18.2 Å². The van der Waals surface area contributed by atoms with Crippen molar-refractivity contribution in [2.45, 2.75) is 95.7 Å². The van der Waals surface area contributed by atoms with E-state index in [1.54, 1.807) is 10.4 Å². The van der Waals surface area contributed by atoms with Crippen molar-refractivity contribution in [1.82, 2.24) is 10.6 Å². The highest BCUT2D eigenvalue weighted by Gasteiger charge is 2.30. The molecule has 3 atom stereocenters. The quantitative estimate of drug-likeness (QED) is 0.216. The summed E-state index contributed by atoms with van der Waals surface area (Å²) in [6.07, 6.45) is 8.02. The summed E-state index contributed by atoms with van der Waals surface area (Å²) in [5, 5.41) is 17.7. The number of hydrogen-bond donors (Lipinski definition) is 5. The van der Waals surface area contributed by atoms with Crippen molar-refractivity contribution in [1.29, 1.82) is 0 Å². The molecule has 1 saturated carbocycles. The summed E-state index contributed by atoms with van der Waals surface area (Å²) in [5.41, 5.74) is 3.35. The van der Waals surface area contributed by atoms with Crippen LogP contribution in [0.1, 0.15) is 92.6 Å². The second kappa shape index (κ2) is 14.0. The highest BCUT2D eigenvalue weighted by Crippen LogP contribution is 2.50. The molecule has 0 spiro atoms. The highest BCUT2D eigenvalue weighted by atomic mass is 32.3. The zero-order valence-electron chi connectivity index (χ0n) is 23.5. The van der Waals surface area contributed by atoms with Crippen molar-refractivity contribution < 1.29 is 19.0 Å². The maximum atomic E-state index is 13.8. The van der Waals surface area contributed by atoms with Crippen LogP contribution in [0.5, 0.6) is 0 Å². The second-order valence-electron chi connectivity index (χ2n) is 11.4. The molecule has 4 rings (SSSR count). The average molecular weight is 558 g/mol. The fraction of sp³-hybridized carbons (Fsp3) is 0.581. The predicted molar refractivity (Wildman–Crippen MR) is 162 cm³/mol. The molecule has 2 aliphatic rings. The van der Waals surface area contributed by atoms with Gasteiger partial charge in [-0.1, -0.05) is 56.5 Å². The highest BCUT2D eigenvalue weighted by molar-refractivity contribution is 8.25. The molecular weight excluding hydrogens is 510 g/mol. The van der Waals surface area contributed by atoms with Crippen LogP contribution in [0.4, 0.5) is 5.69 Å². The van der Waals surface area contributed by atoms with Crippen LogP contribution in [0, 0.1) is 0 Å². The van der Waals surface area contributed by atoms with E-state index in [1.807, 2.05) is 36.4 Å². The summed E-state index contributed by atoms with van der Waals surface area (Å²) >= 11 is 0. The molecule has 1 saturated heterocycles. The summed E-state index contributed by atoms with van der Waals surface area (Å²) in [6, 6.07) is 15.6. The summed E-state index contributed by atoms with van der Waals surface area (Å²) in [6.45, 7) is 5.21. The van der Waals surface area contributed by atoms with E-state index in [9.17, 15) is 19.0 Å². The first-order valence-corrected chi connectivity index (χ1v) is 16.4. The Labute approximate surface area is 235 Å². The number of nitrogens with zero attached hydrogens (tertiary/aromatic N) is 1. The van der Waals surface area contributed by atoms with Crippen LogP contribution < -0.4 is 14.9 Å². The molecule has 1 aliphatic heterocycles. The molecule has 7 nitrogen and oxygen atoms in total. The molecule has 2 aromatic rings. The number of amides is 1. The first kappa shape index (κ1) is 29.9. The Hall–Kier alpha value is -2.10. The molecule has 216 valence electrons. The molecule has 39 heavy (non-hydrogen) atoms. The smallest absolute Gasteiger partial charge is 0.251 e. The Morgan fingerprint density at radius 3 is 2.51 bits per heavy atom. The number of carbonyl (C=O) groups is 1. The molecule has 2 fully saturated rings. The Morgan fingerprint density at radius 1 is 1.08 bits per heavy atom. The van der Waals surface area contributed by atoms with Crippen LogP contribution in [-0.4, -0.2) is 57.1 Å². The van der Waals surface area contributed by atoms with Crippen LogP contribution in [0.25, 0.3) is 0 Å². The van der Waals surface area contributed by atoms with Crippen molar-refractivity contribution in [2.75, 3.05) is 23.1 Å². The number of rotatable bonds is 12. The van der Waals surface area contributed by atoms with E-state index in [0.717, 1.165) is 49.7 Å². The maximum absolute atomic E-state index is 13.8. The van der Waals surface area contributed by atoms with Gasteiger partial charge in [0.2, 0.25) is 0 Å². The van der Waals surface area contributed by atoms with Crippen LogP contribution in [0.2, 0.25) is 0 Å². The molecule has 5 N–H and O–H groups in total. The van der Waals surface area contributed by atoms with Crippen molar-refractivity contribution in [3.8, 4) is 0 Å². The third-order valence-corrected chi connectivity index (χ3v) is 10.1. The van der Waals surface area contributed by atoms with Gasteiger partial charge in [0.15, 0.2) is 0 Å². The second-order valence-corrected chi connectivity index (χ2v) is 13.5. The van der Waals surface area contributed by atoms with Crippen LogP contribution in [0.15, 0.2) is 48.5 Å². The summed E-state index contributed by atoms with van der Waals surface area (Å²) in [7, 11) is -2.90. The lowest BCUT2D eigenvalue weighted by molar-refractivity contribution is 0.0825. The van der Waals surface area contributed by atoms with E-state index in [1.165, 1.54) is 12.8 Å². The molecule has 0 bridgehead atoms. The number of aliphatic hydroxyl groups is 1. The first-order valence-electron chi connectivity index (χ1n) is 14.7. The molecule has 8 heteroatoms. The van der Waals surface area contributed by atoms with E-state index < -0.39 is 22.9 Å². The van der Waals surface area contributed by atoms with Crippen LogP contribution >= 0.6 is 10.8 Å². The minimum absolute atomic E-state index is 0.244. The molecule has 0 radical (unpaired) electrons. The van der Waals surface area contributed by atoms with E-state index in [-0.39, 0.29) is 11.9 Å². The SMILES string of the molecule is CCCC(C)NC[C@H](O)[C@H](Cc1ccccc1)NC(=O)c1cc(C2CCCC2)cc(N2CCCCS2(O)O)c1. The lowest BCUT2D eigenvalue weighted by Gasteiger charge is -2.47. The van der Waals surface area contributed by atoms with Gasteiger partial charge in [0, 0.05) is 24.7 Å². The number of carbonyl (C=O) groups excluding carboxylic acids is 1.